The molecule has 3 aromatic carbocycles. The van der Waals surface area contributed by atoms with Gasteiger partial charge in [0.25, 0.3) is 23.6 Å². The SMILES string of the molecule is O=C(Nc1ccc(SCCCN2C(=O)c3ccccc3C2=O)cc1)/C(=C/c1ccco1)NC(=O)c1ccccc1. The van der Waals surface area contributed by atoms with Gasteiger partial charge in [0, 0.05) is 28.8 Å². The van der Waals surface area contributed by atoms with E-state index in [1.54, 1.807) is 90.6 Å². The lowest BCUT2D eigenvalue weighted by molar-refractivity contribution is -0.113. The highest BCUT2D eigenvalue weighted by molar-refractivity contribution is 7.99. The van der Waals surface area contributed by atoms with E-state index in [4.69, 9.17) is 4.42 Å². The average molecular weight is 552 g/mol. The second kappa shape index (κ2) is 12.3. The van der Waals surface area contributed by atoms with Crippen molar-refractivity contribution < 1.29 is 23.6 Å². The third-order valence-electron chi connectivity index (χ3n) is 6.14. The number of amides is 4. The van der Waals surface area contributed by atoms with Crippen LogP contribution in [0.5, 0.6) is 0 Å². The van der Waals surface area contributed by atoms with Gasteiger partial charge in [-0.05, 0) is 72.8 Å². The van der Waals surface area contributed by atoms with Gasteiger partial charge >= 0.3 is 0 Å². The molecule has 4 aromatic rings. The smallest absolute Gasteiger partial charge is 0.272 e. The summed E-state index contributed by atoms with van der Waals surface area (Å²) in [7, 11) is 0. The largest absolute Gasteiger partial charge is 0.465 e. The van der Waals surface area contributed by atoms with Crippen LogP contribution in [0.25, 0.3) is 6.08 Å². The number of carbonyl (C=O) groups excluding carboxylic acids is 4. The third kappa shape index (κ3) is 6.22. The van der Waals surface area contributed by atoms with Crippen LogP contribution in [-0.2, 0) is 4.79 Å². The fraction of sp³-hybridized carbons (Fsp3) is 0.0968. The molecular formula is C31H25N3O5S. The van der Waals surface area contributed by atoms with Crippen molar-refractivity contribution >= 4 is 47.2 Å². The summed E-state index contributed by atoms with van der Waals surface area (Å²) in [5.74, 6) is -0.270. The second-order valence-corrected chi connectivity index (χ2v) is 10.0. The summed E-state index contributed by atoms with van der Waals surface area (Å²) in [6.07, 6.45) is 3.60. The average Bonchev–Trinajstić information content (AvgIpc) is 3.58. The van der Waals surface area contributed by atoms with Crippen molar-refractivity contribution in [3.8, 4) is 0 Å². The van der Waals surface area contributed by atoms with Crippen LogP contribution in [0.2, 0.25) is 0 Å². The van der Waals surface area contributed by atoms with E-state index >= 15 is 0 Å². The Kier molecular flexibility index (Phi) is 8.22. The van der Waals surface area contributed by atoms with Crippen LogP contribution in [-0.4, -0.2) is 40.8 Å². The summed E-state index contributed by atoms with van der Waals surface area (Å²) in [4.78, 5) is 53.0. The van der Waals surface area contributed by atoms with Crippen LogP contribution in [0, 0.1) is 0 Å². The highest BCUT2D eigenvalue weighted by Gasteiger charge is 2.34. The fourth-order valence-corrected chi connectivity index (χ4v) is 4.98. The van der Waals surface area contributed by atoms with Gasteiger partial charge in [0.1, 0.15) is 11.5 Å². The predicted molar refractivity (Wildman–Crippen MR) is 153 cm³/mol. The van der Waals surface area contributed by atoms with E-state index in [1.165, 1.54) is 17.2 Å². The molecule has 5 rings (SSSR count). The number of thioether (sulfide) groups is 1. The number of nitrogens with zero attached hydrogens (tertiary/aromatic N) is 1. The van der Waals surface area contributed by atoms with E-state index in [0.29, 0.717) is 46.9 Å². The molecule has 8 nitrogen and oxygen atoms in total. The van der Waals surface area contributed by atoms with Gasteiger partial charge in [0.15, 0.2) is 0 Å². The quantitative estimate of drug-likeness (QED) is 0.117. The van der Waals surface area contributed by atoms with E-state index in [-0.39, 0.29) is 17.5 Å². The van der Waals surface area contributed by atoms with Crippen molar-refractivity contribution in [2.75, 3.05) is 17.6 Å². The molecule has 4 amide bonds. The molecule has 9 heteroatoms. The molecule has 0 bridgehead atoms. The van der Waals surface area contributed by atoms with E-state index < -0.39 is 11.8 Å². The van der Waals surface area contributed by atoms with Crippen LogP contribution in [0.15, 0.2) is 112 Å². The number of nitrogens with one attached hydrogen (secondary N) is 2. The van der Waals surface area contributed by atoms with E-state index in [0.717, 1.165) is 4.90 Å². The maximum atomic E-state index is 13.1. The zero-order valence-electron chi connectivity index (χ0n) is 21.3. The Hall–Kier alpha value is -4.89. The first-order chi connectivity index (χ1) is 19.5. The van der Waals surface area contributed by atoms with Crippen molar-refractivity contribution in [3.63, 3.8) is 0 Å². The first-order valence-corrected chi connectivity index (χ1v) is 13.6. The number of benzene rings is 3. The van der Waals surface area contributed by atoms with Gasteiger partial charge in [-0.25, -0.2) is 0 Å². The van der Waals surface area contributed by atoms with Gasteiger partial charge in [-0.1, -0.05) is 30.3 Å². The summed E-state index contributed by atoms with van der Waals surface area (Å²) in [5.41, 5.74) is 1.93. The zero-order valence-corrected chi connectivity index (χ0v) is 22.1. The number of furan rings is 1. The van der Waals surface area contributed by atoms with Crippen molar-refractivity contribution in [1.82, 2.24) is 10.2 Å². The number of anilines is 1. The lowest BCUT2D eigenvalue weighted by Crippen LogP contribution is -2.31. The Labute approximate surface area is 235 Å². The number of hydrogen-bond donors (Lipinski definition) is 2. The molecule has 200 valence electrons. The number of imide groups is 1. The predicted octanol–water partition coefficient (Wildman–Crippen LogP) is 5.47. The number of fused-ring (bicyclic) bond motifs is 1. The molecule has 1 aliphatic heterocycles. The van der Waals surface area contributed by atoms with Crippen LogP contribution in [0.1, 0.15) is 43.3 Å². The molecule has 2 N–H and O–H groups in total. The van der Waals surface area contributed by atoms with Crippen molar-refractivity contribution in [3.05, 3.63) is 125 Å². The normalized spacial score (nSPS) is 12.8. The van der Waals surface area contributed by atoms with Crippen molar-refractivity contribution in [2.24, 2.45) is 0 Å². The summed E-state index contributed by atoms with van der Waals surface area (Å²) in [6, 6.07) is 26.2. The first kappa shape index (κ1) is 26.7. The lowest BCUT2D eigenvalue weighted by atomic mass is 10.1. The molecule has 0 aliphatic carbocycles. The summed E-state index contributed by atoms with van der Waals surface area (Å²) >= 11 is 1.59. The molecule has 0 spiro atoms. The fourth-order valence-electron chi connectivity index (χ4n) is 4.15. The van der Waals surface area contributed by atoms with Crippen LogP contribution >= 0.6 is 11.8 Å². The molecule has 0 radical (unpaired) electrons. The molecule has 40 heavy (non-hydrogen) atoms. The summed E-state index contributed by atoms with van der Waals surface area (Å²) < 4.78 is 5.32. The minimum absolute atomic E-state index is 0.0374. The van der Waals surface area contributed by atoms with E-state index in [2.05, 4.69) is 10.6 Å². The highest BCUT2D eigenvalue weighted by Crippen LogP contribution is 2.25. The minimum Gasteiger partial charge on any atom is -0.465 e. The molecule has 0 saturated carbocycles. The molecule has 0 unspecified atom stereocenters. The molecule has 2 heterocycles. The van der Waals surface area contributed by atoms with Gasteiger partial charge in [0.2, 0.25) is 0 Å². The van der Waals surface area contributed by atoms with Gasteiger partial charge in [-0.2, -0.15) is 0 Å². The molecule has 0 saturated heterocycles. The standard InChI is InChI=1S/C31H25N3O5S/c35-28(21-8-2-1-3-9-21)33-27(20-23-10-6-18-39-23)29(36)32-22-13-15-24(16-14-22)40-19-7-17-34-30(37)25-11-4-5-12-26(25)31(34)38/h1-6,8-16,18,20H,7,17,19H2,(H,32,36)(H,33,35)/b27-20-. The Balaban J connectivity index is 1.15. The van der Waals surface area contributed by atoms with Crippen molar-refractivity contribution in [2.45, 2.75) is 11.3 Å². The maximum Gasteiger partial charge on any atom is 0.272 e. The molecular weight excluding hydrogens is 526 g/mol. The minimum atomic E-state index is -0.498. The monoisotopic (exact) mass is 551 g/mol. The lowest BCUT2D eigenvalue weighted by Gasteiger charge is -2.13. The van der Waals surface area contributed by atoms with Crippen LogP contribution in [0.4, 0.5) is 5.69 Å². The van der Waals surface area contributed by atoms with Gasteiger partial charge < -0.3 is 15.1 Å². The van der Waals surface area contributed by atoms with Gasteiger partial charge in [0.05, 0.1) is 17.4 Å². The Bertz CT molecular complexity index is 1530. The van der Waals surface area contributed by atoms with Gasteiger partial charge in [-0.15, -0.1) is 11.8 Å². The second-order valence-electron chi connectivity index (χ2n) is 8.88. The maximum absolute atomic E-state index is 13.1. The van der Waals surface area contributed by atoms with Gasteiger partial charge in [-0.3, -0.25) is 24.1 Å². The first-order valence-electron chi connectivity index (χ1n) is 12.6. The highest BCUT2D eigenvalue weighted by atomic mass is 32.2. The summed E-state index contributed by atoms with van der Waals surface area (Å²) in [6.45, 7) is 0.354. The van der Waals surface area contributed by atoms with Crippen LogP contribution < -0.4 is 10.6 Å². The number of rotatable bonds is 10. The molecule has 0 atom stereocenters. The topological polar surface area (TPSA) is 109 Å². The van der Waals surface area contributed by atoms with Crippen molar-refractivity contribution in [1.29, 1.82) is 0 Å². The summed E-state index contributed by atoms with van der Waals surface area (Å²) in [5, 5.41) is 5.47. The molecule has 1 aromatic heterocycles. The number of hydrogen-bond acceptors (Lipinski definition) is 6. The Morgan fingerprint density at radius 2 is 1.50 bits per heavy atom. The molecule has 1 aliphatic rings. The van der Waals surface area contributed by atoms with Crippen LogP contribution in [0.3, 0.4) is 0 Å². The van der Waals surface area contributed by atoms with E-state index in [9.17, 15) is 19.2 Å². The Morgan fingerprint density at radius 1 is 0.825 bits per heavy atom. The molecule has 0 fully saturated rings. The third-order valence-corrected chi connectivity index (χ3v) is 7.24. The Morgan fingerprint density at radius 3 is 2.15 bits per heavy atom. The number of carbonyl (C=O) groups is 4. The van der Waals surface area contributed by atoms with E-state index in [1.807, 2.05) is 12.1 Å². The zero-order chi connectivity index (χ0) is 27.9.